The number of piperidine rings is 1. The molecule has 2 N–H and O–H groups in total. The number of hydrogen-bond acceptors (Lipinski definition) is 6. The molecule has 0 bridgehead atoms. The zero-order valence-corrected chi connectivity index (χ0v) is 30.7. The van der Waals surface area contributed by atoms with E-state index in [0.29, 0.717) is 24.6 Å². The van der Waals surface area contributed by atoms with Gasteiger partial charge < -0.3 is 19.4 Å². The molecule has 0 amide bonds. The van der Waals surface area contributed by atoms with Crippen LogP contribution < -0.4 is 14.8 Å². The van der Waals surface area contributed by atoms with Crippen LogP contribution in [0.4, 0.5) is 5.69 Å². The van der Waals surface area contributed by atoms with Gasteiger partial charge in [0, 0.05) is 6.54 Å². The lowest BCUT2D eigenvalue weighted by Crippen LogP contribution is -2.43. The number of benzene rings is 2. The number of hydrogen-bond donors (Lipinski definition) is 2. The fourth-order valence-electron chi connectivity index (χ4n) is 5.38. The molecule has 0 unspecified atom stereocenters. The quantitative estimate of drug-likeness (QED) is 0.110. The number of ether oxygens (including phenoxy) is 1. The molecular formula is C36H60N3O4SSi. The molecule has 1 fully saturated rings. The van der Waals surface area contributed by atoms with E-state index in [0.717, 1.165) is 24.1 Å². The SMILES string of the molecule is CC(C)(C)[Si](C)(C)O[C@@H](CNCCCCCCCCCN1CC[CH]CC1)c1ccc(OCc2ccccc2)c(NS(C)(=O)=O)c1. The number of sulfonamides is 1. The van der Waals surface area contributed by atoms with E-state index in [9.17, 15) is 8.42 Å². The molecule has 2 aromatic rings. The third-order valence-electron chi connectivity index (χ3n) is 9.11. The zero-order valence-electron chi connectivity index (χ0n) is 28.9. The Hall–Kier alpha value is -1.91. The van der Waals surface area contributed by atoms with E-state index in [1.54, 1.807) is 0 Å². The van der Waals surface area contributed by atoms with E-state index in [1.165, 1.54) is 77.3 Å². The highest BCUT2D eigenvalue weighted by atomic mass is 32.2. The van der Waals surface area contributed by atoms with E-state index >= 15 is 0 Å². The van der Waals surface area contributed by atoms with Gasteiger partial charge in [0.2, 0.25) is 10.0 Å². The molecule has 3 rings (SSSR count). The fraction of sp³-hybridized carbons (Fsp3) is 0.639. The number of rotatable bonds is 20. The van der Waals surface area contributed by atoms with Gasteiger partial charge in [0.25, 0.3) is 0 Å². The molecule has 2 aromatic carbocycles. The predicted molar refractivity (Wildman–Crippen MR) is 192 cm³/mol. The predicted octanol–water partition coefficient (Wildman–Crippen LogP) is 8.32. The Balaban J connectivity index is 1.54. The van der Waals surface area contributed by atoms with Gasteiger partial charge in [0.1, 0.15) is 12.4 Å². The molecule has 0 saturated carbocycles. The summed E-state index contributed by atoms with van der Waals surface area (Å²) in [5, 5.41) is 3.70. The smallest absolute Gasteiger partial charge is 0.229 e. The zero-order chi connectivity index (χ0) is 32.8. The monoisotopic (exact) mass is 658 g/mol. The molecule has 45 heavy (non-hydrogen) atoms. The summed E-state index contributed by atoms with van der Waals surface area (Å²) >= 11 is 0. The maximum atomic E-state index is 12.3. The molecule has 0 aromatic heterocycles. The summed E-state index contributed by atoms with van der Waals surface area (Å²) < 4.78 is 40.3. The van der Waals surface area contributed by atoms with Crippen LogP contribution in [0.5, 0.6) is 5.75 Å². The first kappa shape index (κ1) is 37.5. The Morgan fingerprint density at radius 3 is 2.20 bits per heavy atom. The first-order valence-corrected chi connectivity index (χ1v) is 21.8. The number of anilines is 1. The van der Waals surface area contributed by atoms with Crippen molar-refractivity contribution in [2.24, 2.45) is 0 Å². The van der Waals surface area contributed by atoms with E-state index in [-0.39, 0.29) is 11.1 Å². The summed E-state index contributed by atoms with van der Waals surface area (Å²) in [6.45, 7) is 17.0. The maximum absolute atomic E-state index is 12.3. The lowest BCUT2D eigenvalue weighted by atomic mass is 10.1. The minimum atomic E-state index is -3.51. The Kier molecular flexibility index (Phi) is 15.4. The van der Waals surface area contributed by atoms with Crippen molar-refractivity contribution in [1.82, 2.24) is 10.2 Å². The second kappa shape index (κ2) is 18.4. The Morgan fingerprint density at radius 2 is 1.56 bits per heavy atom. The number of nitrogens with one attached hydrogen (secondary N) is 2. The highest BCUT2D eigenvalue weighted by Gasteiger charge is 2.39. The summed E-state index contributed by atoms with van der Waals surface area (Å²) in [5.41, 5.74) is 2.39. The van der Waals surface area contributed by atoms with E-state index < -0.39 is 18.3 Å². The normalized spacial score (nSPS) is 15.6. The van der Waals surface area contributed by atoms with Gasteiger partial charge in [0.15, 0.2) is 8.32 Å². The third-order valence-corrected chi connectivity index (χ3v) is 14.2. The van der Waals surface area contributed by atoms with E-state index in [2.05, 4.69) is 55.2 Å². The molecule has 1 aliphatic rings. The van der Waals surface area contributed by atoms with Crippen LogP contribution >= 0.6 is 0 Å². The molecule has 0 aliphatic carbocycles. The highest BCUT2D eigenvalue weighted by molar-refractivity contribution is 7.92. The van der Waals surface area contributed by atoms with Gasteiger partial charge in [-0.1, -0.05) is 89.3 Å². The van der Waals surface area contributed by atoms with Crippen molar-refractivity contribution in [2.75, 3.05) is 43.7 Å². The molecule has 1 radical (unpaired) electrons. The second-order valence-corrected chi connectivity index (χ2v) is 20.7. The summed E-state index contributed by atoms with van der Waals surface area (Å²) in [4.78, 5) is 2.62. The lowest BCUT2D eigenvalue weighted by molar-refractivity contribution is 0.180. The molecule has 9 heteroatoms. The minimum Gasteiger partial charge on any atom is -0.487 e. The number of likely N-dealkylation sites (tertiary alicyclic amines) is 1. The van der Waals surface area contributed by atoms with Crippen molar-refractivity contribution in [3.63, 3.8) is 0 Å². The van der Waals surface area contributed by atoms with Crippen LogP contribution in [0.25, 0.3) is 0 Å². The molecule has 253 valence electrons. The molecular weight excluding hydrogens is 599 g/mol. The minimum absolute atomic E-state index is 0.0458. The average Bonchev–Trinajstić information content (AvgIpc) is 2.98. The standard InChI is InChI=1S/C36H60N3O4SSi/c1-36(2,3)45(5,6)43-35(29-37-24-16-10-8-7-9-11-17-25-39-26-18-13-19-27-39)32-22-23-34(33(28-32)38-44(4,40)41)42-30-31-20-14-12-15-21-31/h12-15,20-23,28,35,37-38H,7-11,16-19,24-27,29-30H2,1-6H3/t35-/m0/s1. The molecule has 1 atom stereocenters. The van der Waals surface area contributed by atoms with Crippen LogP contribution in [0.2, 0.25) is 18.1 Å². The Bertz CT molecular complexity index is 1230. The van der Waals surface area contributed by atoms with Crippen LogP contribution in [0.3, 0.4) is 0 Å². The summed E-state index contributed by atoms with van der Waals surface area (Å²) in [6, 6.07) is 15.6. The van der Waals surface area contributed by atoms with Crippen molar-refractivity contribution < 1.29 is 17.6 Å². The van der Waals surface area contributed by atoms with Crippen LogP contribution in [0, 0.1) is 6.42 Å². The van der Waals surface area contributed by atoms with Crippen LogP contribution in [0.1, 0.15) is 95.8 Å². The molecule has 0 spiro atoms. The summed E-state index contributed by atoms with van der Waals surface area (Å²) in [6.07, 6.45) is 14.9. The first-order valence-electron chi connectivity index (χ1n) is 17.0. The first-order chi connectivity index (χ1) is 21.3. The van der Waals surface area contributed by atoms with Crippen molar-refractivity contribution in [3.05, 3.63) is 66.1 Å². The lowest BCUT2D eigenvalue weighted by Gasteiger charge is -2.39. The topological polar surface area (TPSA) is 79.9 Å². The molecule has 1 heterocycles. The van der Waals surface area contributed by atoms with Gasteiger partial charge in [-0.2, -0.15) is 0 Å². The number of unbranched alkanes of at least 4 members (excludes halogenated alkanes) is 6. The van der Waals surface area contributed by atoms with Crippen molar-refractivity contribution >= 4 is 24.0 Å². The van der Waals surface area contributed by atoms with Crippen molar-refractivity contribution in [2.45, 2.75) is 109 Å². The molecule has 1 aliphatic heterocycles. The molecule has 7 nitrogen and oxygen atoms in total. The Morgan fingerprint density at radius 1 is 0.911 bits per heavy atom. The van der Waals surface area contributed by atoms with Gasteiger partial charge in [-0.15, -0.1) is 0 Å². The van der Waals surface area contributed by atoms with E-state index in [1.807, 2.05) is 48.5 Å². The van der Waals surface area contributed by atoms with Crippen LogP contribution in [0.15, 0.2) is 48.5 Å². The van der Waals surface area contributed by atoms with Gasteiger partial charge in [0.05, 0.1) is 18.0 Å². The van der Waals surface area contributed by atoms with Gasteiger partial charge in [-0.25, -0.2) is 8.42 Å². The van der Waals surface area contributed by atoms with Crippen LogP contribution in [-0.2, 0) is 21.1 Å². The van der Waals surface area contributed by atoms with E-state index in [4.69, 9.17) is 9.16 Å². The highest BCUT2D eigenvalue weighted by Crippen LogP contribution is 2.40. The average molecular weight is 659 g/mol. The van der Waals surface area contributed by atoms with Crippen molar-refractivity contribution in [3.8, 4) is 5.75 Å². The van der Waals surface area contributed by atoms with Gasteiger partial charge in [-0.05, 0) is 99.7 Å². The largest absolute Gasteiger partial charge is 0.487 e. The third kappa shape index (κ3) is 14.2. The maximum Gasteiger partial charge on any atom is 0.229 e. The fourth-order valence-corrected chi connectivity index (χ4v) is 7.22. The van der Waals surface area contributed by atoms with Gasteiger partial charge >= 0.3 is 0 Å². The second-order valence-electron chi connectivity index (χ2n) is 14.2. The summed E-state index contributed by atoms with van der Waals surface area (Å²) in [7, 11) is -5.62. The van der Waals surface area contributed by atoms with Gasteiger partial charge in [-0.3, -0.25) is 4.72 Å². The number of nitrogens with zero attached hydrogens (tertiary/aromatic N) is 1. The Labute approximate surface area is 276 Å². The van der Waals surface area contributed by atoms with Crippen molar-refractivity contribution in [1.29, 1.82) is 0 Å². The van der Waals surface area contributed by atoms with Crippen LogP contribution in [-0.4, -0.2) is 60.6 Å². The molecule has 1 saturated heterocycles. The summed E-state index contributed by atoms with van der Waals surface area (Å²) in [5.74, 6) is 0.497.